The molecule has 94 valence electrons. The maximum Gasteiger partial charge on any atom is 0.303 e. The van der Waals surface area contributed by atoms with Gasteiger partial charge in [-0.2, -0.15) is 0 Å². The lowest BCUT2D eigenvalue weighted by Gasteiger charge is -2.10. The predicted molar refractivity (Wildman–Crippen MR) is 66.5 cm³/mol. The summed E-state index contributed by atoms with van der Waals surface area (Å²) in [6.07, 6.45) is 11.9. The first-order chi connectivity index (χ1) is 7.72. The van der Waals surface area contributed by atoms with Crippen molar-refractivity contribution in [2.75, 3.05) is 0 Å². The normalized spacial score (nSPS) is 24.8. The summed E-state index contributed by atoms with van der Waals surface area (Å²) in [6, 6.07) is 0. The number of hydrogen-bond donors (Lipinski definition) is 1. The van der Waals surface area contributed by atoms with Crippen LogP contribution in [0.2, 0.25) is 0 Å². The van der Waals surface area contributed by atoms with Gasteiger partial charge < -0.3 is 5.11 Å². The lowest BCUT2D eigenvalue weighted by Crippen LogP contribution is -1.99. The molecule has 0 radical (unpaired) electrons. The molecule has 2 heteroatoms. The van der Waals surface area contributed by atoms with Gasteiger partial charge in [-0.05, 0) is 24.7 Å². The van der Waals surface area contributed by atoms with Crippen molar-refractivity contribution in [3.63, 3.8) is 0 Å². The van der Waals surface area contributed by atoms with Crippen LogP contribution >= 0.6 is 0 Å². The molecule has 1 aliphatic carbocycles. The Hall–Kier alpha value is -0.530. The molecule has 0 aliphatic heterocycles. The molecule has 0 amide bonds. The van der Waals surface area contributed by atoms with Gasteiger partial charge in [0.25, 0.3) is 0 Å². The van der Waals surface area contributed by atoms with Crippen LogP contribution < -0.4 is 0 Å². The summed E-state index contributed by atoms with van der Waals surface area (Å²) in [5, 5.41) is 8.54. The summed E-state index contributed by atoms with van der Waals surface area (Å²) in [5.74, 6) is 1.23. The summed E-state index contributed by atoms with van der Waals surface area (Å²) in [6.45, 7) is 2.26. The van der Waals surface area contributed by atoms with Gasteiger partial charge in [-0.3, -0.25) is 4.79 Å². The molecular formula is C14H26O2. The zero-order chi connectivity index (χ0) is 11.8. The van der Waals surface area contributed by atoms with E-state index in [1.165, 1.54) is 44.9 Å². The summed E-state index contributed by atoms with van der Waals surface area (Å²) < 4.78 is 0. The fourth-order valence-corrected chi connectivity index (χ4v) is 2.90. The molecule has 1 fully saturated rings. The Morgan fingerprint density at radius 2 is 1.75 bits per heavy atom. The van der Waals surface area contributed by atoms with Gasteiger partial charge in [-0.25, -0.2) is 0 Å². The highest BCUT2D eigenvalue weighted by Crippen LogP contribution is 2.36. The van der Waals surface area contributed by atoms with Crippen LogP contribution in [0, 0.1) is 11.8 Å². The largest absolute Gasteiger partial charge is 0.481 e. The zero-order valence-electron chi connectivity index (χ0n) is 10.6. The third kappa shape index (κ3) is 5.53. The van der Waals surface area contributed by atoms with E-state index in [1.54, 1.807) is 0 Å². The van der Waals surface area contributed by atoms with Crippen molar-refractivity contribution in [1.29, 1.82) is 0 Å². The Balaban J connectivity index is 2.00. The minimum Gasteiger partial charge on any atom is -0.481 e. The molecule has 2 nitrogen and oxygen atoms in total. The van der Waals surface area contributed by atoms with Crippen molar-refractivity contribution in [1.82, 2.24) is 0 Å². The summed E-state index contributed by atoms with van der Waals surface area (Å²) in [5.41, 5.74) is 0. The number of rotatable bonds is 8. The third-order valence-electron chi connectivity index (χ3n) is 3.87. The van der Waals surface area contributed by atoms with E-state index in [1.807, 2.05) is 0 Å². The molecule has 1 rings (SSSR count). The highest BCUT2D eigenvalue weighted by atomic mass is 16.4. The molecule has 1 N–H and O–H groups in total. The Bertz CT molecular complexity index is 201. The average molecular weight is 226 g/mol. The van der Waals surface area contributed by atoms with Crippen molar-refractivity contribution >= 4 is 5.97 Å². The molecular weight excluding hydrogens is 200 g/mol. The van der Waals surface area contributed by atoms with Crippen LogP contribution in [0.5, 0.6) is 0 Å². The molecule has 0 heterocycles. The predicted octanol–water partition coefficient (Wildman–Crippen LogP) is 4.24. The van der Waals surface area contributed by atoms with E-state index in [2.05, 4.69) is 6.92 Å². The second-order valence-corrected chi connectivity index (χ2v) is 5.33. The molecule has 0 saturated heterocycles. The molecule has 2 atom stereocenters. The highest BCUT2D eigenvalue weighted by molar-refractivity contribution is 5.66. The average Bonchev–Trinajstić information content (AvgIpc) is 2.69. The highest BCUT2D eigenvalue weighted by Gasteiger charge is 2.23. The van der Waals surface area contributed by atoms with Gasteiger partial charge in [0, 0.05) is 6.42 Å². The zero-order valence-corrected chi connectivity index (χ0v) is 10.6. The van der Waals surface area contributed by atoms with Crippen LogP contribution in [0.25, 0.3) is 0 Å². The lowest BCUT2D eigenvalue weighted by atomic mass is 9.96. The number of hydrogen-bond acceptors (Lipinski definition) is 1. The maximum absolute atomic E-state index is 10.4. The number of carboxylic acid groups (broad SMARTS) is 1. The second-order valence-electron chi connectivity index (χ2n) is 5.33. The summed E-state index contributed by atoms with van der Waals surface area (Å²) in [7, 11) is 0. The molecule has 2 unspecified atom stereocenters. The van der Waals surface area contributed by atoms with Crippen molar-refractivity contribution in [2.45, 2.75) is 71.1 Å². The van der Waals surface area contributed by atoms with Crippen LogP contribution in [0.15, 0.2) is 0 Å². The van der Waals surface area contributed by atoms with Gasteiger partial charge >= 0.3 is 5.97 Å². The number of carbonyl (C=O) groups is 1. The maximum atomic E-state index is 10.4. The molecule has 1 aliphatic rings. The molecule has 0 aromatic heterocycles. The molecule has 0 spiro atoms. The topological polar surface area (TPSA) is 37.3 Å². The molecule has 0 aromatic carbocycles. The monoisotopic (exact) mass is 226 g/mol. The molecule has 0 aromatic rings. The number of unbranched alkanes of at least 4 members (excludes halogenated alkanes) is 2. The summed E-state index contributed by atoms with van der Waals surface area (Å²) in [4.78, 5) is 10.4. The van der Waals surface area contributed by atoms with Crippen LogP contribution in [0.3, 0.4) is 0 Å². The number of carboxylic acids is 1. The minimum absolute atomic E-state index is 0.353. The Morgan fingerprint density at radius 1 is 1.12 bits per heavy atom. The van der Waals surface area contributed by atoms with E-state index >= 15 is 0 Å². The lowest BCUT2D eigenvalue weighted by molar-refractivity contribution is -0.137. The van der Waals surface area contributed by atoms with Gasteiger partial charge in [0.05, 0.1) is 0 Å². The van der Waals surface area contributed by atoms with E-state index in [4.69, 9.17) is 5.11 Å². The van der Waals surface area contributed by atoms with Gasteiger partial charge in [-0.15, -0.1) is 0 Å². The van der Waals surface area contributed by atoms with Crippen molar-refractivity contribution in [2.24, 2.45) is 11.8 Å². The van der Waals surface area contributed by atoms with E-state index in [9.17, 15) is 4.79 Å². The van der Waals surface area contributed by atoms with Crippen LogP contribution in [-0.2, 0) is 4.79 Å². The standard InChI is InChI=1S/C14H26O2/c1-2-3-6-12-9-10-13(11-12)7-4-5-8-14(15)16/h12-13H,2-11H2,1H3,(H,15,16). The van der Waals surface area contributed by atoms with Gasteiger partial charge in [0.1, 0.15) is 0 Å². The van der Waals surface area contributed by atoms with E-state index < -0.39 is 5.97 Å². The minimum atomic E-state index is -0.646. The summed E-state index contributed by atoms with van der Waals surface area (Å²) >= 11 is 0. The quantitative estimate of drug-likeness (QED) is 0.629. The van der Waals surface area contributed by atoms with Crippen molar-refractivity contribution < 1.29 is 9.90 Å². The fraction of sp³-hybridized carbons (Fsp3) is 0.929. The fourth-order valence-electron chi connectivity index (χ4n) is 2.90. The third-order valence-corrected chi connectivity index (χ3v) is 3.87. The second kappa shape index (κ2) is 7.70. The first-order valence-electron chi connectivity index (χ1n) is 6.94. The van der Waals surface area contributed by atoms with Crippen molar-refractivity contribution in [3.05, 3.63) is 0 Å². The van der Waals surface area contributed by atoms with Gasteiger partial charge in [-0.1, -0.05) is 51.9 Å². The van der Waals surface area contributed by atoms with E-state index in [0.717, 1.165) is 24.7 Å². The van der Waals surface area contributed by atoms with Crippen LogP contribution in [0.1, 0.15) is 71.1 Å². The Morgan fingerprint density at radius 3 is 2.31 bits per heavy atom. The smallest absolute Gasteiger partial charge is 0.303 e. The first kappa shape index (κ1) is 13.5. The van der Waals surface area contributed by atoms with Crippen LogP contribution in [0.4, 0.5) is 0 Å². The van der Waals surface area contributed by atoms with Gasteiger partial charge in [0.15, 0.2) is 0 Å². The van der Waals surface area contributed by atoms with E-state index in [-0.39, 0.29) is 0 Å². The Kier molecular flexibility index (Phi) is 6.51. The van der Waals surface area contributed by atoms with E-state index in [0.29, 0.717) is 6.42 Å². The molecule has 16 heavy (non-hydrogen) atoms. The Labute approximate surface area is 99.4 Å². The SMILES string of the molecule is CCCCC1CCC(CCCCC(=O)O)C1. The van der Waals surface area contributed by atoms with Crippen LogP contribution in [-0.4, -0.2) is 11.1 Å². The van der Waals surface area contributed by atoms with Gasteiger partial charge in [0.2, 0.25) is 0 Å². The number of aliphatic carboxylic acids is 1. The molecule has 1 saturated carbocycles. The molecule has 0 bridgehead atoms. The van der Waals surface area contributed by atoms with Crippen molar-refractivity contribution in [3.8, 4) is 0 Å². The first-order valence-corrected chi connectivity index (χ1v) is 6.94.